The van der Waals surface area contributed by atoms with Crippen LogP contribution in [-0.2, 0) is 0 Å². The Kier molecular flexibility index (Phi) is 2.18. The highest BCUT2D eigenvalue weighted by Gasteiger charge is 2.01. The maximum atomic E-state index is 6.88. The first-order valence-electron chi connectivity index (χ1n) is 2.22. The first kappa shape index (κ1) is 6.70. The molecule has 0 aliphatic carbocycles. The predicted molar refractivity (Wildman–Crippen MR) is 43.7 cm³/mol. The normalized spacial score (nSPS) is 21.1. The molecule has 0 fully saturated rings. The monoisotopic (exact) mass is 159 g/mol. The lowest BCUT2D eigenvalue weighted by atomic mass is 10.5. The largest absolute Gasteiger partial charge is 0.384 e. The minimum Gasteiger partial charge on any atom is -0.384 e. The Hall–Kier alpha value is -0.420. The highest BCUT2D eigenvalue weighted by Crippen LogP contribution is 2.35. The topological polar surface area (TPSA) is 62.2 Å². The summed E-state index contributed by atoms with van der Waals surface area (Å²) in [6, 6.07) is 0. The van der Waals surface area contributed by atoms with Gasteiger partial charge >= 0.3 is 0 Å². The highest BCUT2D eigenvalue weighted by atomic mass is 33.1. The van der Waals surface area contributed by atoms with Gasteiger partial charge in [0.2, 0.25) is 0 Å². The smallest absolute Gasteiger partial charge is 0.116 e. The zero-order valence-electron chi connectivity index (χ0n) is 4.50. The van der Waals surface area contributed by atoms with Crippen molar-refractivity contribution in [3.63, 3.8) is 0 Å². The van der Waals surface area contributed by atoms with Crippen molar-refractivity contribution in [2.75, 3.05) is 0 Å². The average molecular weight is 159 g/mol. The van der Waals surface area contributed by atoms with E-state index in [1.165, 1.54) is 21.8 Å². The van der Waals surface area contributed by atoms with Gasteiger partial charge in [0.05, 0.1) is 6.21 Å². The van der Waals surface area contributed by atoms with Crippen LogP contribution in [0.5, 0.6) is 0 Å². The van der Waals surface area contributed by atoms with Crippen LogP contribution in [0.2, 0.25) is 0 Å². The molecule has 5 heteroatoms. The molecular formula is C4H5N3S2. The molecule has 0 bridgehead atoms. The van der Waals surface area contributed by atoms with Crippen molar-refractivity contribution in [1.82, 2.24) is 0 Å². The number of hydrogen-bond donors (Lipinski definition) is 2. The molecule has 0 unspecified atom stereocenters. The molecular weight excluding hydrogens is 154 g/mol. The van der Waals surface area contributed by atoms with Crippen molar-refractivity contribution < 1.29 is 0 Å². The number of rotatable bonds is 1. The van der Waals surface area contributed by atoms with E-state index in [1.807, 2.05) is 0 Å². The summed E-state index contributed by atoms with van der Waals surface area (Å²) in [5.41, 5.74) is 5.09. The fraction of sp³-hybridized carbons (Fsp3) is 0. The van der Waals surface area contributed by atoms with Crippen LogP contribution < -0.4 is 5.73 Å². The van der Waals surface area contributed by atoms with Crippen molar-refractivity contribution in [1.29, 1.82) is 5.41 Å². The summed E-state index contributed by atoms with van der Waals surface area (Å²) in [6.45, 7) is 0. The Balaban J connectivity index is 2.61. The minimum atomic E-state index is 0.0754. The summed E-state index contributed by atoms with van der Waals surface area (Å²) in [7, 11) is 2.90. The van der Waals surface area contributed by atoms with Crippen LogP contribution >= 0.6 is 21.8 Å². The molecule has 1 heterocycles. The molecule has 0 aromatic rings. The Morgan fingerprint density at radius 3 is 3.11 bits per heavy atom. The van der Waals surface area contributed by atoms with Gasteiger partial charge in [-0.1, -0.05) is 0 Å². The van der Waals surface area contributed by atoms with Crippen LogP contribution in [0.15, 0.2) is 15.4 Å². The summed E-state index contributed by atoms with van der Waals surface area (Å²) in [5.74, 6) is 0.0754. The standard InChI is InChI=1S/C4H5N3S2/c5-4(6)1-3-2-7-9-8-3/h1-2H,(H3,5,6). The second-order valence-corrected chi connectivity index (χ2v) is 3.34. The van der Waals surface area contributed by atoms with Gasteiger partial charge in [-0.05, 0) is 16.9 Å². The number of allylic oxidation sites excluding steroid dienone is 1. The van der Waals surface area contributed by atoms with E-state index in [4.69, 9.17) is 11.1 Å². The summed E-state index contributed by atoms with van der Waals surface area (Å²) in [4.78, 5) is 0.938. The quantitative estimate of drug-likeness (QED) is 0.261. The van der Waals surface area contributed by atoms with Crippen molar-refractivity contribution in [3.05, 3.63) is 11.0 Å². The van der Waals surface area contributed by atoms with Gasteiger partial charge in [-0.3, -0.25) is 5.41 Å². The number of nitrogens with one attached hydrogen (secondary N) is 1. The molecule has 0 saturated heterocycles. The Morgan fingerprint density at radius 2 is 2.67 bits per heavy atom. The Bertz CT molecular complexity index is 184. The minimum absolute atomic E-state index is 0.0754. The second kappa shape index (κ2) is 2.93. The third kappa shape index (κ3) is 2.11. The molecule has 3 N–H and O–H groups in total. The zero-order valence-corrected chi connectivity index (χ0v) is 6.13. The fourth-order valence-electron chi connectivity index (χ4n) is 0.374. The van der Waals surface area contributed by atoms with Gasteiger partial charge in [0.25, 0.3) is 0 Å². The maximum Gasteiger partial charge on any atom is 0.116 e. The molecule has 0 radical (unpaired) electrons. The summed E-state index contributed by atoms with van der Waals surface area (Å²) < 4.78 is 3.85. The van der Waals surface area contributed by atoms with Crippen LogP contribution in [0.1, 0.15) is 0 Å². The van der Waals surface area contributed by atoms with Gasteiger partial charge in [0.1, 0.15) is 5.84 Å². The van der Waals surface area contributed by atoms with E-state index in [9.17, 15) is 0 Å². The number of nitrogens with zero attached hydrogens (tertiary/aromatic N) is 1. The molecule has 0 amide bonds. The van der Waals surface area contributed by atoms with Crippen molar-refractivity contribution >= 4 is 33.8 Å². The van der Waals surface area contributed by atoms with Crippen molar-refractivity contribution in [2.24, 2.45) is 10.1 Å². The third-order valence-electron chi connectivity index (χ3n) is 0.654. The van der Waals surface area contributed by atoms with Crippen LogP contribution in [0.4, 0.5) is 0 Å². The van der Waals surface area contributed by atoms with Crippen LogP contribution in [0.25, 0.3) is 0 Å². The number of amidine groups is 1. The fourth-order valence-corrected chi connectivity index (χ4v) is 1.79. The van der Waals surface area contributed by atoms with E-state index in [2.05, 4.69) is 4.40 Å². The maximum absolute atomic E-state index is 6.88. The van der Waals surface area contributed by atoms with E-state index < -0.39 is 0 Å². The Labute approximate surface area is 60.8 Å². The number of nitrogens with two attached hydrogens (primary N) is 1. The first-order valence-corrected chi connectivity index (χ1v) is 4.32. The molecule has 0 atom stereocenters. The van der Waals surface area contributed by atoms with E-state index >= 15 is 0 Å². The van der Waals surface area contributed by atoms with Crippen molar-refractivity contribution in [3.8, 4) is 0 Å². The SMILES string of the molecule is N=C(N)C=C1C=NSS1. The van der Waals surface area contributed by atoms with Gasteiger partial charge in [0, 0.05) is 15.9 Å². The van der Waals surface area contributed by atoms with E-state index in [0.29, 0.717) is 0 Å². The molecule has 48 valence electrons. The van der Waals surface area contributed by atoms with Crippen molar-refractivity contribution in [2.45, 2.75) is 0 Å². The lowest BCUT2D eigenvalue weighted by Gasteiger charge is -1.86. The van der Waals surface area contributed by atoms with E-state index in [0.717, 1.165) is 4.91 Å². The van der Waals surface area contributed by atoms with Gasteiger partial charge < -0.3 is 5.73 Å². The molecule has 0 spiro atoms. The molecule has 0 aromatic heterocycles. The summed E-state index contributed by atoms with van der Waals surface area (Å²) in [6.07, 6.45) is 3.27. The third-order valence-corrected chi connectivity index (χ3v) is 2.40. The highest BCUT2D eigenvalue weighted by molar-refractivity contribution is 8.78. The molecule has 3 nitrogen and oxygen atoms in total. The molecule has 0 saturated carbocycles. The van der Waals surface area contributed by atoms with Crippen LogP contribution in [-0.4, -0.2) is 12.1 Å². The molecule has 0 aromatic carbocycles. The van der Waals surface area contributed by atoms with Crippen LogP contribution in [0, 0.1) is 5.41 Å². The zero-order chi connectivity index (χ0) is 6.69. The van der Waals surface area contributed by atoms with Gasteiger partial charge in [-0.25, -0.2) is 4.40 Å². The van der Waals surface area contributed by atoms with Gasteiger partial charge in [0.15, 0.2) is 0 Å². The lowest BCUT2D eigenvalue weighted by molar-refractivity contribution is 1.47. The summed E-state index contributed by atoms with van der Waals surface area (Å²) in [5, 5.41) is 6.88. The second-order valence-electron chi connectivity index (χ2n) is 1.39. The van der Waals surface area contributed by atoms with Gasteiger partial charge in [-0.15, -0.1) is 0 Å². The first-order chi connectivity index (χ1) is 4.29. The number of hydrogen-bond acceptors (Lipinski definition) is 4. The van der Waals surface area contributed by atoms with E-state index in [-0.39, 0.29) is 5.84 Å². The Morgan fingerprint density at radius 1 is 1.89 bits per heavy atom. The molecule has 1 aliphatic heterocycles. The average Bonchev–Trinajstić information content (AvgIpc) is 2.15. The lowest BCUT2D eigenvalue weighted by Crippen LogP contribution is -2.05. The molecule has 1 aliphatic rings. The predicted octanol–water partition coefficient (Wildman–Crippen LogP) is 1.19. The molecule has 9 heavy (non-hydrogen) atoms. The van der Waals surface area contributed by atoms with Gasteiger partial charge in [-0.2, -0.15) is 0 Å². The molecule has 1 rings (SSSR count). The van der Waals surface area contributed by atoms with E-state index in [1.54, 1.807) is 12.3 Å². The summed E-state index contributed by atoms with van der Waals surface area (Å²) >= 11 is 0. The van der Waals surface area contributed by atoms with Crippen LogP contribution in [0.3, 0.4) is 0 Å².